The van der Waals surface area contributed by atoms with Crippen molar-refractivity contribution in [3.05, 3.63) is 22.4 Å². The highest BCUT2D eigenvalue weighted by molar-refractivity contribution is 7.12. The molecule has 0 bridgehead atoms. The van der Waals surface area contributed by atoms with Crippen molar-refractivity contribution in [2.45, 2.75) is 32.8 Å². The Morgan fingerprint density at radius 1 is 1.26 bits per heavy atom. The molecule has 1 aromatic heterocycles. The lowest BCUT2D eigenvalue weighted by atomic mass is 10.2. The van der Waals surface area contributed by atoms with E-state index in [9.17, 15) is 9.59 Å². The lowest BCUT2D eigenvalue weighted by Crippen LogP contribution is -2.34. The number of alkyl carbamates (subject to hydrolysis) is 1. The topological polar surface area (TPSA) is 67.4 Å². The number of hydrogen-bond donors (Lipinski definition) is 2. The Morgan fingerprint density at radius 2 is 1.95 bits per heavy atom. The van der Waals surface area contributed by atoms with Gasteiger partial charge in [0.25, 0.3) is 5.91 Å². The van der Waals surface area contributed by atoms with Crippen molar-refractivity contribution in [3.63, 3.8) is 0 Å². The van der Waals surface area contributed by atoms with Crippen LogP contribution in [0.3, 0.4) is 0 Å². The van der Waals surface area contributed by atoms with Crippen molar-refractivity contribution in [2.24, 2.45) is 0 Å². The smallest absolute Gasteiger partial charge is 0.407 e. The number of rotatable bonds is 5. The Kier molecular flexibility index (Phi) is 5.82. The van der Waals surface area contributed by atoms with Gasteiger partial charge in [0.05, 0.1) is 4.88 Å². The molecule has 106 valence electrons. The first-order valence-corrected chi connectivity index (χ1v) is 7.05. The average Bonchev–Trinajstić information content (AvgIpc) is 2.79. The summed E-state index contributed by atoms with van der Waals surface area (Å²) in [5.41, 5.74) is -0.489. The van der Waals surface area contributed by atoms with Crippen LogP contribution in [0.5, 0.6) is 0 Å². The molecular weight excluding hydrogens is 264 g/mol. The van der Waals surface area contributed by atoms with Gasteiger partial charge < -0.3 is 15.4 Å². The monoisotopic (exact) mass is 284 g/mol. The lowest BCUT2D eigenvalue weighted by molar-refractivity contribution is 0.0527. The van der Waals surface area contributed by atoms with E-state index < -0.39 is 11.7 Å². The van der Waals surface area contributed by atoms with E-state index >= 15 is 0 Å². The summed E-state index contributed by atoms with van der Waals surface area (Å²) < 4.78 is 5.09. The molecular formula is C13H20N2O3S. The third-order valence-corrected chi connectivity index (χ3v) is 2.92. The number of hydrogen-bond acceptors (Lipinski definition) is 4. The largest absolute Gasteiger partial charge is 0.444 e. The number of amides is 2. The molecule has 0 fully saturated rings. The molecule has 19 heavy (non-hydrogen) atoms. The van der Waals surface area contributed by atoms with Gasteiger partial charge in [-0.05, 0) is 38.6 Å². The summed E-state index contributed by atoms with van der Waals surface area (Å²) in [6, 6.07) is 3.61. The van der Waals surface area contributed by atoms with Gasteiger partial charge in [0.1, 0.15) is 5.60 Å². The minimum Gasteiger partial charge on any atom is -0.444 e. The van der Waals surface area contributed by atoms with Gasteiger partial charge in [0, 0.05) is 13.1 Å². The maximum absolute atomic E-state index is 11.6. The minimum atomic E-state index is -0.489. The summed E-state index contributed by atoms with van der Waals surface area (Å²) in [4.78, 5) is 23.6. The first-order valence-electron chi connectivity index (χ1n) is 6.17. The number of thiophene rings is 1. The van der Waals surface area contributed by atoms with Gasteiger partial charge in [0.15, 0.2) is 0 Å². The maximum Gasteiger partial charge on any atom is 0.407 e. The van der Waals surface area contributed by atoms with Gasteiger partial charge >= 0.3 is 6.09 Å². The molecule has 0 saturated carbocycles. The van der Waals surface area contributed by atoms with E-state index in [4.69, 9.17) is 4.74 Å². The fourth-order valence-corrected chi connectivity index (χ4v) is 1.93. The summed E-state index contributed by atoms with van der Waals surface area (Å²) in [5.74, 6) is -0.0766. The van der Waals surface area contributed by atoms with Crippen LogP contribution in [-0.2, 0) is 4.74 Å². The van der Waals surface area contributed by atoms with E-state index in [1.54, 1.807) is 6.07 Å². The highest BCUT2D eigenvalue weighted by Crippen LogP contribution is 2.07. The molecule has 1 heterocycles. The van der Waals surface area contributed by atoms with Gasteiger partial charge in [0.2, 0.25) is 0 Å². The second-order valence-corrected chi connectivity index (χ2v) is 5.96. The summed E-state index contributed by atoms with van der Waals surface area (Å²) in [6.45, 7) is 6.43. The van der Waals surface area contributed by atoms with Crippen LogP contribution in [0.4, 0.5) is 4.79 Å². The van der Waals surface area contributed by atoms with Gasteiger partial charge in [-0.15, -0.1) is 11.3 Å². The first-order chi connectivity index (χ1) is 8.88. The number of ether oxygens (including phenoxy) is 1. The van der Waals surface area contributed by atoms with Gasteiger partial charge in [-0.2, -0.15) is 0 Å². The zero-order chi connectivity index (χ0) is 14.3. The third-order valence-electron chi connectivity index (χ3n) is 2.05. The molecule has 1 rings (SSSR count). The van der Waals surface area contributed by atoms with E-state index in [-0.39, 0.29) is 5.91 Å². The summed E-state index contributed by atoms with van der Waals surface area (Å²) in [7, 11) is 0. The molecule has 5 nitrogen and oxygen atoms in total. The van der Waals surface area contributed by atoms with Crippen molar-refractivity contribution in [1.82, 2.24) is 10.6 Å². The molecule has 0 radical (unpaired) electrons. The van der Waals surface area contributed by atoms with Crippen molar-refractivity contribution in [2.75, 3.05) is 13.1 Å². The second kappa shape index (κ2) is 7.13. The Hall–Kier alpha value is -1.56. The zero-order valence-corrected chi connectivity index (χ0v) is 12.3. The maximum atomic E-state index is 11.6. The van der Waals surface area contributed by atoms with Crippen LogP contribution in [0, 0.1) is 0 Å². The standard InChI is InChI=1S/C13H20N2O3S/c1-13(2,3)18-12(17)15-8-5-7-14-11(16)10-6-4-9-19-10/h4,6,9H,5,7-8H2,1-3H3,(H,14,16)(H,15,17). The van der Waals surface area contributed by atoms with E-state index in [0.717, 1.165) is 0 Å². The number of nitrogens with one attached hydrogen (secondary N) is 2. The molecule has 0 aromatic carbocycles. The van der Waals surface area contributed by atoms with Crippen LogP contribution in [0.15, 0.2) is 17.5 Å². The molecule has 2 N–H and O–H groups in total. The second-order valence-electron chi connectivity index (χ2n) is 5.02. The normalized spacial score (nSPS) is 10.9. The molecule has 0 atom stereocenters. The molecule has 0 unspecified atom stereocenters. The molecule has 2 amide bonds. The van der Waals surface area contributed by atoms with Crippen molar-refractivity contribution < 1.29 is 14.3 Å². The molecule has 0 aliphatic heterocycles. The van der Waals surface area contributed by atoms with Gasteiger partial charge in [-0.3, -0.25) is 4.79 Å². The van der Waals surface area contributed by atoms with Gasteiger partial charge in [-0.1, -0.05) is 6.07 Å². The quantitative estimate of drug-likeness (QED) is 0.816. The Morgan fingerprint density at radius 3 is 2.53 bits per heavy atom. The summed E-state index contributed by atoms with van der Waals surface area (Å²) in [5, 5.41) is 7.28. The molecule has 1 aromatic rings. The SMILES string of the molecule is CC(C)(C)OC(=O)NCCCNC(=O)c1cccs1. The van der Waals surface area contributed by atoms with Crippen LogP contribution in [0.25, 0.3) is 0 Å². The highest BCUT2D eigenvalue weighted by atomic mass is 32.1. The third kappa shape index (κ3) is 6.81. The van der Waals surface area contributed by atoms with E-state index in [2.05, 4.69) is 10.6 Å². The van der Waals surface area contributed by atoms with E-state index in [1.807, 2.05) is 32.2 Å². The van der Waals surface area contributed by atoms with E-state index in [0.29, 0.717) is 24.4 Å². The van der Waals surface area contributed by atoms with Crippen LogP contribution >= 0.6 is 11.3 Å². The Balaban J connectivity index is 2.09. The van der Waals surface area contributed by atoms with Gasteiger partial charge in [-0.25, -0.2) is 4.79 Å². The Bertz CT molecular complexity index is 410. The van der Waals surface area contributed by atoms with Crippen LogP contribution < -0.4 is 10.6 Å². The summed E-state index contributed by atoms with van der Waals surface area (Å²) >= 11 is 1.40. The average molecular weight is 284 g/mol. The molecule has 0 aliphatic carbocycles. The molecule has 0 spiro atoms. The van der Waals surface area contributed by atoms with Crippen LogP contribution in [-0.4, -0.2) is 30.7 Å². The van der Waals surface area contributed by atoms with Crippen molar-refractivity contribution >= 4 is 23.3 Å². The zero-order valence-electron chi connectivity index (χ0n) is 11.5. The molecule has 0 aliphatic rings. The predicted octanol–water partition coefficient (Wildman–Crippen LogP) is 2.39. The van der Waals surface area contributed by atoms with Crippen molar-refractivity contribution in [1.29, 1.82) is 0 Å². The minimum absolute atomic E-state index is 0.0766. The lowest BCUT2D eigenvalue weighted by Gasteiger charge is -2.19. The fraction of sp³-hybridized carbons (Fsp3) is 0.538. The first kappa shape index (κ1) is 15.5. The van der Waals surface area contributed by atoms with Crippen molar-refractivity contribution in [3.8, 4) is 0 Å². The molecule has 0 saturated heterocycles. The fourth-order valence-electron chi connectivity index (χ4n) is 1.29. The predicted molar refractivity (Wildman–Crippen MR) is 75.5 cm³/mol. The van der Waals surface area contributed by atoms with Crippen LogP contribution in [0.1, 0.15) is 36.9 Å². The number of carbonyl (C=O) groups excluding carboxylic acids is 2. The van der Waals surface area contributed by atoms with E-state index in [1.165, 1.54) is 11.3 Å². The highest BCUT2D eigenvalue weighted by Gasteiger charge is 2.15. The van der Waals surface area contributed by atoms with Crippen LogP contribution in [0.2, 0.25) is 0 Å². The Labute approximate surface area is 117 Å². The summed E-state index contributed by atoms with van der Waals surface area (Å²) in [6.07, 6.45) is 0.230. The molecule has 6 heteroatoms. The number of carbonyl (C=O) groups is 2.